The van der Waals surface area contributed by atoms with Crippen molar-refractivity contribution in [3.8, 4) is 0 Å². The molecule has 114 valence electrons. The van der Waals surface area contributed by atoms with Crippen LogP contribution in [0.25, 0.3) is 0 Å². The fourth-order valence-corrected chi connectivity index (χ4v) is 4.61. The molecule has 0 saturated heterocycles. The highest BCUT2D eigenvalue weighted by Gasteiger charge is 2.33. The van der Waals surface area contributed by atoms with E-state index in [9.17, 15) is 4.21 Å². The first-order valence-corrected chi connectivity index (χ1v) is 8.79. The van der Waals surface area contributed by atoms with Crippen LogP contribution in [0, 0.1) is 11.8 Å². The largest absolute Gasteiger partial charge is 0.312 e. The molecule has 0 aliphatic rings. The van der Waals surface area contributed by atoms with Crippen molar-refractivity contribution in [2.75, 3.05) is 7.05 Å². The molecule has 0 aliphatic heterocycles. The van der Waals surface area contributed by atoms with E-state index < -0.39 is 10.8 Å². The van der Waals surface area contributed by atoms with Gasteiger partial charge in [-0.05, 0) is 24.4 Å². The minimum absolute atomic E-state index is 0.125. The highest BCUT2D eigenvalue weighted by molar-refractivity contribution is 7.86. The molecule has 0 saturated carbocycles. The van der Waals surface area contributed by atoms with Crippen LogP contribution in [0.1, 0.15) is 46.2 Å². The van der Waals surface area contributed by atoms with Crippen molar-refractivity contribution in [1.82, 2.24) is 5.32 Å². The molecule has 0 spiro atoms. The number of hydrogen-bond acceptors (Lipinski definition) is 2. The average Bonchev–Trinajstić information content (AvgIpc) is 2.43. The molecule has 1 rings (SSSR count). The van der Waals surface area contributed by atoms with E-state index in [-0.39, 0.29) is 16.5 Å². The van der Waals surface area contributed by atoms with Crippen LogP contribution in [0.2, 0.25) is 0 Å². The van der Waals surface area contributed by atoms with E-state index in [1.54, 1.807) is 0 Å². The number of rotatable bonds is 7. The van der Waals surface area contributed by atoms with E-state index in [1.165, 1.54) is 5.56 Å². The summed E-state index contributed by atoms with van der Waals surface area (Å²) in [5.41, 5.74) is 1.22. The first kappa shape index (κ1) is 17.4. The summed E-state index contributed by atoms with van der Waals surface area (Å²) in [6, 6.07) is 10.5. The van der Waals surface area contributed by atoms with Gasteiger partial charge in [-0.3, -0.25) is 4.21 Å². The minimum Gasteiger partial charge on any atom is -0.312 e. The lowest BCUT2D eigenvalue weighted by Gasteiger charge is -2.33. The fourth-order valence-electron chi connectivity index (χ4n) is 2.48. The van der Waals surface area contributed by atoms with E-state index in [1.807, 2.05) is 25.2 Å². The van der Waals surface area contributed by atoms with Crippen molar-refractivity contribution in [3.05, 3.63) is 35.9 Å². The molecular weight excluding hydrogens is 266 g/mol. The van der Waals surface area contributed by atoms with Crippen molar-refractivity contribution in [2.24, 2.45) is 11.8 Å². The zero-order chi connectivity index (χ0) is 15.3. The third-order valence-electron chi connectivity index (χ3n) is 4.03. The van der Waals surface area contributed by atoms with Crippen molar-refractivity contribution < 1.29 is 4.21 Å². The molecule has 0 radical (unpaired) electrons. The topological polar surface area (TPSA) is 29.1 Å². The van der Waals surface area contributed by atoms with Gasteiger partial charge in [-0.25, -0.2) is 0 Å². The second-order valence-corrected chi connectivity index (χ2v) is 8.11. The normalized spacial score (nSPS) is 18.0. The minimum atomic E-state index is -0.856. The lowest BCUT2D eigenvalue weighted by molar-refractivity contribution is 0.453. The molecule has 1 aromatic rings. The van der Waals surface area contributed by atoms with E-state index in [0.29, 0.717) is 11.8 Å². The summed E-state index contributed by atoms with van der Waals surface area (Å²) in [7, 11) is 1.11. The van der Waals surface area contributed by atoms with Crippen molar-refractivity contribution >= 4 is 10.8 Å². The maximum absolute atomic E-state index is 13.0. The number of nitrogens with one attached hydrogen (secondary N) is 1. The maximum atomic E-state index is 13.0. The van der Waals surface area contributed by atoms with E-state index in [4.69, 9.17) is 0 Å². The Labute approximate surface area is 126 Å². The Bertz CT molecular complexity index is 416. The molecule has 3 heteroatoms. The Morgan fingerprint density at radius 3 is 1.90 bits per heavy atom. The second kappa shape index (κ2) is 7.94. The van der Waals surface area contributed by atoms with Gasteiger partial charge in [-0.2, -0.15) is 0 Å². The van der Waals surface area contributed by atoms with E-state index >= 15 is 0 Å². The molecule has 4 unspecified atom stereocenters. The van der Waals surface area contributed by atoms with E-state index in [0.717, 1.165) is 0 Å². The Hall–Kier alpha value is -0.670. The van der Waals surface area contributed by atoms with Gasteiger partial charge in [0.1, 0.15) is 0 Å². The van der Waals surface area contributed by atoms with Crippen molar-refractivity contribution in [1.29, 1.82) is 0 Å². The van der Waals surface area contributed by atoms with Gasteiger partial charge in [0.25, 0.3) is 0 Å². The SMILES string of the molecule is CNC(c1ccccc1)C(C(C)C)S(=O)C(C)C(C)C. The summed E-state index contributed by atoms with van der Waals surface area (Å²) < 4.78 is 13.0. The molecule has 0 bridgehead atoms. The molecular formula is C17H29NOS. The Morgan fingerprint density at radius 1 is 0.950 bits per heavy atom. The summed E-state index contributed by atoms with van der Waals surface area (Å²) >= 11 is 0. The smallest absolute Gasteiger partial charge is 0.0568 e. The first-order chi connectivity index (χ1) is 9.40. The molecule has 1 aromatic carbocycles. The zero-order valence-electron chi connectivity index (χ0n) is 13.6. The summed E-state index contributed by atoms with van der Waals surface area (Å²) in [6.45, 7) is 10.7. The molecule has 0 heterocycles. The summed E-state index contributed by atoms with van der Waals surface area (Å²) in [4.78, 5) is 0. The molecule has 20 heavy (non-hydrogen) atoms. The van der Waals surface area contributed by atoms with E-state index in [2.05, 4.69) is 52.1 Å². The van der Waals surface area contributed by atoms with Crippen molar-refractivity contribution in [3.63, 3.8) is 0 Å². The zero-order valence-corrected chi connectivity index (χ0v) is 14.4. The van der Waals surface area contributed by atoms with Gasteiger partial charge in [0.05, 0.1) is 5.25 Å². The van der Waals surface area contributed by atoms with Gasteiger partial charge in [-0.1, -0.05) is 65.0 Å². The Morgan fingerprint density at radius 2 is 1.50 bits per heavy atom. The molecule has 0 amide bonds. The molecule has 1 N–H and O–H groups in total. The van der Waals surface area contributed by atoms with Crippen LogP contribution in [-0.4, -0.2) is 21.8 Å². The summed E-state index contributed by atoms with van der Waals surface area (Å²) in [6.07, 6.45) is 0. The number of hydrogen-bond donors (Lipinski definition) is 1. The highest BCUT2D eigenvalue weighted by Crippen LogP contribution is 2.29. The van der Waals surface area contributed by atoms with Crippen molar-refractivity contribution in [2.45, 2.75) is 51.2 Å². The third-order valence-corrected chi connectivity index (χ3v) is 6.66. The molecule has 0 aromatic heterocycles. The fraction of sp³-hybridized carbons (Fsp3) is 0.647. The summed E-state index contributed by atoms with van der Waals surface area (Å²) in [5.74, 6) is 0.806. The number of benzene rings is 1. The average molecular weight is 295 g/mol. The van der Waals surface area contributed by atoms with Gasteiger partial charge < -0.3 is 5.32 Å². The molecule has 0 aliphatic carbocycles. The van der Waals surface area contributed by atoms with Crippen LogP contribution >= 0.6 is 0 Å². The van der Waals surface area contributed by atoms with Gasteiger partial charge >= 0.3 is 0 Å². The third kappa shape index (κ3) is 4.16. The van der Waals surface area contributed by atoms with Crippen LogP contribution < -0.4 is 5.32 Å². The Balaban J connectivity index is 3.08. The van der Waals surface area contributed by atoms with Gasteiger partial charge in [0, 0.05) is 22.1 Å². The summed E-state index contributed by atoms with van der Waals surface area (Å²) in [5, 5.41) is 3.72. The van der Waals surface area contributed by atoms with Crippen LogP contribution in [0.15, 0.2) is 30.3 Å². The van der Waals surface area contributed by atoms with Crippen LogP contribution in [0.3, 0.4) is 0 Å². The Kier molecular flexibility index (Phi) is 6.90. The van der Waals surface area contributed by atoms with Crippen LogP contribution in [0.5, 0.6) is 0 Å². The maximum Gasteiger partial charge on any atom is 0.0568 e. The van der Waals surface area contributed by atoms with Crippen LogP contribution in [0.4, 0.5) is 0 Å². The monoisotopic (exact) mass is 295 g/mol. The van der Waals surface area contributed by atoms with Gasteiger partial charge in [0.15, 0.2) is 0 Å². The predicted octanol–water partition coefficient (Wildman–Crippen LogP) is 3.76. The van der Waals surface area contributed by atoms with Gasteiger partial charge in [0.2, 0.25) is 0 Å². The van der Waals surface area contributed by atoms with Crippen LogP contribution in [-0.2, 0) is 10.8 Å². The quantitative estimate of drug-likeness (QED) is 0.830. The standard InChI is InChI=1S/C17H29NOS/c1-12(2)14(5)20(19)17(13(3)4)16(18-6)15-10-8-7-9-11-15/h7-14,16-18H,1-6H3. The molecule has 2 nitrogen and oxygen atoms in total. The molecule has 4 atom stereocenters. The first-order valence-electron chi connectivity index (χ1n) is 7.51. The predicted molar refractivity (Wildman–Crippen MR) is 89.3 cm³/mol. The van der Waals surface area contributed by atoms with Gasteiger partial charge in [-0.15, -0.1) is 0 Å². The molecule has 0 fully saturated rings. The second-order valence-electron chi connectivity index (χ2n) is 6.16. The highest BCUT2D eigenvalue weighted by atomic mass is 32.2. The lowest BCUT2D eigenvalue weighted by Crippen LogP contribution is -2.40. The lowest BCUT2D eigenvalue weighted by atomic mass is 9.96.